The van der Waals surface area contributed by atoms with E-state index in [4.69, 9.17) is 9.47 Å². The Balaban J connectivity index is 3.73. The van der Waals surface area contributed by atoms with Crippen LogP contribution in [0.1, 0.15) is 91.9 Å². The summed E-state index contributed by atoms with van der Waals surface area (Å²) in [5, 5.41) is 0. The Kier molecular flexibility index (Phi) is 12.9. The van der Waals surface area contributed by atoms with Gasteiger partial charge in [0.2, 0.25) is 0 Å². The fraction of sp³-hybridized carbons (Fsp3) is 0.889. The Morgan fingerprint density at radius 3 is 1.41 bits per heavy atom. The average Bonchev–Trinajstić information content (AvgIpc) is 2.45. The van der Waals surface area contributed by atoms with E-state index in [-0.39, 0.29) is 37.0 Å². The summed E-state index contributed by atoms with van der Waals surface area (Å²) in [4.78, 5) is 23.3. The standard InChI is InChI=1S/C18H34O4/c1-5-7-9-11-15(3)21-17(19)13-14-18(20)22-16(4)12-10-8-6-2/h15-16H,5-14H2,1-4H3. The van der Waals surface area contributed by atoms with Crippen molar-refractivity contribution in [2.75, 3.05) is 0 Å². The van der Waals surface area contributed by atoms with Crippen molar-refractivity contribution in [3.8, 4) is 0 Å². The summed E-state index contributed by atoms with van der Waals surface area (Å²) in [7, 11) is 0. The second-order valence-corrected chi connectivity index (χ2v) is 6.09. The van der Waals surface area contributed by atoms with Gasteiger partial charge in [-0.15, -0.1) is 0 Å². The first kappa shape index (κ1) is 20.9. The van der Waals surface area contributed by atoms with E-state index >= 15 is 0 Å². The van der Waals surface area contributed by atoms with E-state index in [9.17, 15) is 9.59 Å². The molecule has 0 aliphatic carbocycles. The molecule has 0 heterocycles. The zero-order valence-corrected chi connectivity index (χ0v) is 14.9. The molecule has 0 N–H and O–H groups in total. The van der Waals surface area contributed by atoms with Gasteiger partial charge in [0.15, 0.2) is 0 Å². The first-order valence-electron chi connectivity index (χ1n) is 8.88. The van der Waals surface area contributed by atoms with E-state index < -0.39 is 0 Å². The highest BCUT2D eigenvalue weighted by Crippen LogP contribution is 2.10. The normalized spacial score (nSPS) is 13.5. The van der Waals surface area contributed by atoms with Crippen molar-refractivity contribution in [1.29, 1.82) is 0 Å². The number of hydrogen-bond donors (Lipinski definition) is 0. The number of unbranched alkanes of at least 4 members (excludes halogenated alkanes) is 4. The van der Waals surface area contributed by atoms with Gasteiger partial charge >= 0.3 is 11.9 Å². The maximum atomic E-state index is 11.7. The molecule has 4 heteroatoms. The van der Waals surface area contributed by atoms with E-state index in [1.807, 2.05) is 13.8 Å². The predicted molar refractivity (Wildman–Crippen MR) is 88.6 cm³/mol. The number of ether oxygens (including phenoxy) is 2. The quantitative estimate of drug-likeness (QED) is 0.362. The van der Waals surface area contributed by atoms with Crippen LogP contribution in [0.2, 0.25) is 0 Å². The third kappa shape index (κ3) is 12.7. The second kappa shape index (κ2) is 13.6. The van der Waals surface area contributed by atoms with Crippen LogP contribution in [-0.2, 0) is 19.1 Å². The molecule has 2 atom stereocenters. The molecule has 2 unspecified atom stereocenters. The van der Waals surface area contributed by atoms with Crippen molar-refractivity contribution in [1.82, 2.24) is 0 Å². The molecule has 0 aromatic heterocycles. The Morgan fingerprint density at radius 1 is 0.727 bits per heavy atom. The largest absolute Gasteiger partial charge is 0.463 e. The summed E-state index contributed by atoms with van der Waals surface area (Å²) in [6.07, 6.45) is 8.63. The third-order valence-corrected chi connectivity index (χ3v) is 3.63. The minimum Gasteiger partial charge on any atom is -0.463 e. The van der Waals surface area contributed by atoms with Crippen molar-refractivity contribution in [3.05, 3.63) is 0 Å². The highest BCUT2D eigenvalue weighted by atomic mass is 16.5. The van der Waals surface area contributed by atoms with Gasteiger partial charge in [-0.2, -0.15) is 0 Å². The number of esters is 2. The molecule has 0 spiro atoms. The van der Waals surface area contributed by atoms with Gasteiger partial charge in [0.25, 0.3) is 0 Å². The van der Waals surface area contributed by atoms with E-state index in [2.05, 4.69) is 13.8 Å². The van der Waals surface area contributed by atoms with Gasteiger partial charge in [-0.25, -0.2) is 0 Å². The highest BCUT2D eigenvalue weighted by Gasteiger charge is 2.14. The molecule has 4 nitrogen and oxygen atoms in total. The van der Waals surface area contributed by atoms with Crippen LogP contribution < -0.4 is 0 Å². The Bertz CT molecular complexity index is 271. The molecule has 0 aromatic carbocycles. The molecular formula is C18H34O4. The predicted octanol–water partition coefficient (Wildman–Crippen LogP) is 4.79. The molecular weight excluding hydrogens is 280 g/mol. The molecule has 0 radical (unpaired) electrons. The summed E-state index contributed by atoms with van der Waals surface area (Å²) in [6, 6.07) is 0. The molecule has 22 heavy (non-hydrogen) atoms. The van der Waals surface area contributed by atoms with Gasteiger partial charge in [0, 0.05) is 0 Å². The lowest BCUT2D eigenvalue weighted by atomic mass is 10.1. The molecule has 0 aliphatic heterocycles. The summed E-state index contributed by atoms with van der Waals surface area (Å²) in [5.41, 5.74) is 0. The lowest BCUT2D eigenvalue weighted by Gasteiger charge is -2.14. The van der Waals surface area contributed by atoms with Gasteiger partial charge in [0.1, 0.15) is 0 Å². The van der Waals surface area contributed by atoms with E-state index in [1.54, 1.807) is 0 Å². The van der Waals surface area contributed by atoms with Gasteiger partial charge in [0.05, 0.1) is 25.0 Å². The Morgan fingerprint density at radius 2 is 1.09 bits per heavy atom. The molecule has 0 bridgehead atoms. The van der Waals surface area contributed by atoms with Crippen molar-refractivity contribution < 1.29 is 19.1 Å². The van der Waals surface area contributed by atoms with Crippen LogP contribution in [0.25, 0.3) is 0 Å². The van der Waals surface area contributed by atoms with Crippen molar-refractivity contribution in [3.63, 3.8) is 0 Å². The SMILES string of the molecule is CCCCCC(C)OC(=O)CCC(=O)OC(C)CCCCC. The van der Waals surface area contributed by atoms with Crippen LogP contribution in [0.15, 0.2) is 0 Å². The maximum Gasteiger partial charge on any atom is 0.306 e. The molecule has 0 fully saturated rings. The number of rotatable bonds is 13. The number of carbonyl (C=O) groups excluding carboxylic acids is 2. The van der Waals surface area contributed by atoms with Crippen molar-refractivity contribution in [2.45, 2.75) is 104 Å². The van der Waals surface area contributed by atoms with Crippen LogP contribution in [0.5, 0.6) is 0 Å². The number of carbonyl (C=O) groups is 2. The summed E-state index contributed by atoms with van der Waals surface area (Å²) in [5.74, 6) is -0.612. The van der Waals surface area contributed by atoms with Crippen LogP contribution in [0, 0.1) is 0 Å². The lowest BCUT2D eigenvalue weighted by Crippen LogP contribution is -2.18. The van der Waals surface area contributed by atoms with Gasteiger partial charge in [-0.05, 0) is 39.5 Å². The second-order valence-electron chi connectivity index (χ2n) is 6.09. The molecule has 0 aromatic rings. The smallest absolute Gasteiger partial charge is 0.306 e. The number of hydrogen-bond acceptors (Lipinski definition) is 4. The van der Waals surface area contributed by atoms with Crippen LogP contribution in [0.4, 0.5) is 0 Å². The molecule has 0 saturated heterocycles. The van der Waals surface area contributed by atoms with Crippen LogP contribution in [0.3, 0.4) is 0 Å². The average molecular weight is 314 g/mol. The topological polar surface area (TPSA) is 52.6 Å². The minimum absolute atomic E-state index is 0.0666. The maximum absolute atomic E-state index is 11.7. The van der Waals surface area contributed by atoms with E-state index in [1.165, 1.54) is 0 Å². The monoisotopic (exact) mass is 314 g/mol. The van der Waals surface area contributed by atoms with Crippen molar-refractivity contribution in [2.24, 2.45) is 0 Å². The van der Waals surface area contributed by atoms with Crippen LogP contribution in [-0.4, -0.2) is 24.1 Å². The van der Waals surface area contributed by atoms with E-state index in [0.29, 0.717) is 0 Å². The molecule has 0 amide bonds. The Labute approximate surface area is 135 Å². The Hall–Kier alpha value is -1.06. The lowest BCUT2D eigenvalue weighted by molar-refractivity contribution is -0.155. The van der Waals surface area contributed by atoms with Crippen molar-refractivity contribution >= 4 is 11.9 Å². The first-order chi connectivity index (χ1) is 10.5. The zero-order chi connectivity index (χ0) is 16.8. The molecule has 130 valence electrons. The van der Waals surface area contributed by atoms with Gasteiger partial charge in [-0.3, -0.25) is 9.59 Å². The van der Waals surface area contributed by atoms with Gasteiger partial charge < -0.3 is 9.47 Å². The minimum atomic E-state index is -0.306. The fourth-order valence-corrected chi connectivity index (χ4v) is 2.25. The summed E-state index contributed by atoms with van der Waals surface area (Å²) in [6.45, 7) is 8.10. The zero-order valence-electron chi connectivity index (χ0n) is 14.9. The summed E-state index contributed by atoms with van der Waals surface area (Å²) >= 11 is 0. The molecule has 0 rings (SSSR count). The molecule has 0 saturated carbocycles. The third-order valence-electron chi connectivity index (χ3n) is 3.63. The fourth-order valence-electron chi connectivity index (χ4n) is 2.25. The molecule has 0 aliphatic rings. The highest BCUT2D eigenvalue weighted by molar-refractivity contribution is 5.77. The summed E-state index contributed by atoms with van der Waals surface area (Å²) < 4.78 is 10.6. The van der Waals surface area contributed by atoms with Gasteiger partial charge in [-0.1, -0.05) is 39.5 Å². The van der Waals surface area contributed by atoms with Crippen LogP contribution >= 0.6 is 0 Å². The van der Waals surface area contributed by atoms with E-state index in [0.717, 1.165) is 51.4 Å². The first-order valence-corrected chi connectivity index (χ1v) is 8.88.